The fourth-order valence-electron chi connectivity index (χ4n) is 3.40. The first kappa shape index (κ1) is 15.5. The van der Waals surface area contributed by atoms with E-state index in [-0.39, 0.29) is 12.1 Å². The molecule has 0 saturated carbocycles. The van der Waals surface area contributed by atoms with Crippen molar-refractivity contribution in [2.24, 2.45) is 0 Å². The fourth-order valence-corrected chi connectivity index (χ4v) is 3.40. The van der Waals surface area contributed by atoms with Crippen LogP contribution >= 0.6 is 0 Å². The number of nitrogens with zero attached hydrogens (tertiary/aromatic N) is 3. The predicted molar refractivity (Wildman–Crippen MR) is 95.1 cm³/mol. The summed E-state index contributed by atoms with van der Waals surface area (Å²) in [6, 6.07) is 16.3. The van der Waals surface area contributed by atoms with Crippen molar-refractivity contribution in [2.75, 3.05) is 19.5 Å². The number of fused-ring (bicyclic) bond motifs is 1. The van der Waals surface area contributed by atoms with Crippen LogP contribution in [0.1, 0.15) is 29.6 Å². The summed E-state index contributed by atoms with van der Waals surface area (Å²) < 4.78 is 12.9. The fraction of sp³-hybridized carbons (Fsp3) is 0.263. The van der Waals surface area contributed by atoms with E-state index in [1.165, 1.54) is 0 Å². The Balaban J connectivity index is 1.75. The molecule has 3 aromatic rings. The Morgan fingerprint density at radius 3 is 2.80 bits per heavy atom. The van der Waals surface area contributed by atoms with Crippen LogP contribution in [0.25, 0.3) is 0 Å². The monoisotopic (exact) mass is 336 g/mol. The summed E-state index contributed by atoms with van der Waals surface area (Å²) in [6.07, 6.45) is 2.42. The van der Waals surface area contributed by atoms with Crippen molar-refractivity contribution in [3.63, 3.8) is 0 Å². The molecule has 6 heteroatoms. The van der Waals surface area contributed by atoms with Crippen LogP contribution in [0.15, 0.2) is 54.9 Å². The van der Waals surface area contributed by atoms with Gasteiger partial charge in [-0.05, 0) is 30.2 Å². The largest absolute Gasteiger partial charge is 0.497 e. The minimum atomic E-state index is 0.0473. The zero-order chi connectivity index (χ0) is 17.2. The Morgan fingerprint density at radius 2 is 1.96 bits per heavy atom. The molecule has 1 aliphatic heterocycles. The normalized spacial score (nSPS) is 19.0. The second-order valence-electron chi connectivity index (χ2n) is 6.00. The maximum atomic E-state index is 5.57. The standard InChI is InChI=1S/C19H20N4O2/c1-24-14-7-5-6-13(10-14)16-11-17(23-19(22-16)20-12-21-23)15-8-3-4-9-18(15)25-2/h3-10,12,16-17H,11H2,1-2H3,(H,20,21,22)/t16-,17-/m0/s1. The lowest BCUT2D eigenvalue weighted by atomic mass is 9.93. The molecule has 0 amide bonds. The average Bonchev–Trinajstić information content (AvgIpc) is 3.16. The lowest BCUT2D eigenvalue weighted by Gasteiger charge is -2.32. The molecule has 0 bridgehead atoms. The third kappa shape index (κ3) is 2.80. The Kier molecular flexibility index (Phi) is 4.01. The highest BCUT2D eigenvalue weighted by Crippen LogP contribution is 2.40. The zero-order valence-electron chi connectivity index (χ0n) is 14.2. The number of benzene rings is 2. The summed E-state index contributed by atoms with van der Waals surface area (Å²) in [5.74, 6) is 2.47. The number of anilines is 1. The van der Waals surface area contributed by atoms with E-state index < -0.39 is 0 Å². The van der Waals surface area contributed by atoms with Gasteiger partial charge in [-0.2, -0.15) is 10.1 Å². The molecule has 0 fully saturated rings. The molecule has 2 atom stereocenters. The van der Waals surface area contributed by atoms with Gasteiger partial charge in [0.2, 0.25) is 5.95 Å². The summed E-state index contributed by atoms with van der Waals surface area (Å²) in [6.45, 7) is 0. The summed E-state index contributed by atoms with van der Waals surface area (Å²) in [7, 11) is 3.38. The second-order valence-corrected chi connectivity index (χ2v) is 6.00. The van der Waals surface area contributed by atoms with Gasteiger partial charge in [-0.1, -0.05) is 30.3 Å². The van der Waals surface area contributed by atoms with Gasteiger partial charge in [0.05, 0.1) is 26.3 Å². The van der Waals surface area contributed by atoms with Crippen LogP contribution in [0, 0.1) is 0 Å². The molecule has 2 aromatic carbocycles. The molecule has 1 aliphatic rings. The van der Waals surface area contributed by atoms with E-state index in [1.807, 2.05) is 35.0 Å². The van der Waals surface area contributed by atoms with E-state index in [4.69, 9.17) is 9.47 Å². The van der Waals surface area contributed by atoms with Crippen molar-refractivity contribution < 1.29 is 9.47 Å². The second kappa shape index (κ2) is 6.47. The van der Waals surface area contributed by atoms with Crippen molar-refractivity contribution >= 4 is 5.95 Å². The predicted octanol–water partition coefficient (Wildman–Crippen LogP) is 3.44. The van der Waals surface area contributed by atoms with Gasteiger partial charge in [0.15, 0.2) is 0 Å². The third-order valence-corrected chi connectivity index (χ3v) is 4.62. The van der Waals surface area contributed by atoms with Crippen LogP contribution < -0.4 is 14.8 Å². The van der Waals surface area contributed by atoms with Crippen LogP contribution in [0.5, 0.6) is 11.5 Å². The van der Waals surface area contributed by atoms with E-state index in [1.54, 1.807) is 20.5 Å². The summed E-state index contributed by atoms with van der Waals surface area (Å²) in [4.78, 5) is 4.38. The Labute approximate surface area is 146 Å². The van der Waals surface area contributed by atoms with E-state index in [9.17, 15) is 0 Å². The highest BCUT2D eigenvalue weighted by molar-refractivity contribution is 5.43. The minimum absolute atomic E-state index is 0.0473. The smallest absolute Gasteiger partial charge is 0.222 e. The number of nitrogens with one attached hydrogen (secondary N) is 1. The van der Waals surface area contributed by atoms with Crippen molar-refractivity contribution in [1.82, 2.24) is 14.8 Å². The first-order valence-corrected chi connectivity index (χ1v) is 8.23. The van der Waals surface area contributed by atoms with Crippen molar-refractivity contribution in [1.29, 1.82) is 0 Å². The van der Waals surface area contributed by atoms with Crippen LogP contribution in [0.2, 0.25) is 0 Å². The highest BCUT2D eigenvalue weighted by Gasteiger charge is 2.31. The number of hydrogen-bond acceptors (Lipinski definition) is 5. The van der Waals surface area contributed by atoms with E-state index in [0.29, 0.717) is 0 Å². The molecule has 0 radical (unpaired) electrons. The van der Waals surface area contributed by atoms with Gasteiger partial charge in [0.1, 0.15) is 17.8 Å². The van der Waals surface area contributed by atoms with Gasteiger partial charge in [-0.25, -0.2) is 4.68 Å². The van der Waals surface area contributed by atoms with Crippen LogP contribution in [-0.2, 0) is 0 Å². The zero-order valence-corrected chi connectivity index (χ0v) is 14.2. The van der Waals surface area contributed by atoms with E-state index >= 15 is 0 Å². The van der Waals surface area contributed by atoms with E-state index in [2.05, 4.69) is 33.6 Å². The van der Waals surface area contributed by atoms with Gasteiger partial charge in [0.25, 0.3) is 0 Å². The molecule has 0 unspecified atom stereocenters. The van der Waals surface area contributed by atoms with Gasteiger partial charge in [0, 0.05) is 5.56 Å². The topological polar surface area (TPSA) is 61.2 Å². The quantitative estimate of drug-likeness (QED) is 0.791. The highest BCUT2D eigenvalue weighted by atomic mass is 16.5. The summed E-state index contributed by atoms with van der Waals surface area (Å²) in [5, 5.41) is 7.89. The molecule has 2 heterocycles. The minimum Gasteiger partial charge on any atom is -0.497 e. The van der Waals surface area contributed by atoms with Gasteiger partial charge >= 0.3 is 0 Å². The molecule has 4 rings (SSSR count). The van der Waals surface area contributed by atoms with E-state index in [0.717, 1.165) is 35.0 Å². The van der Waals surface area contributed by atoms with Crippen LogP contribution in [0.4, 0.5) is 5.95 Å². The van der Waals surface area contributed by atoms with Crippen LogP contribution in [-0.4, -0.2) is 29.0 Å². The molecular weight excluding hydrogens is 316 g/mol. The Bertz CT molecular complexity index is 877. The average molecular weight is 336 g/mol. The maximum absolute atomic E-state index is 5.57. The lowest BCUT2D eigenvalue weighted by molar-refractivity contribution is 0.379. The maximum Gasteiger partial charge on any atom is 0.222 e. The number of ether oxygens (including phenoxy) is 2. The molecule has 0 aliphatic carbocycles. The lowest BCUT2D eigenvalue weighted by Crippen LogP contribution is -2.28. The van der Waals surface area contributed by atoms with Crippen molar-refractivity contribution in [3.8, 4) is 11.5 Å². The number of hydrogen-bond donors (Lipinski definition) is 1. The molecule has 1 aromatic heterocycles. The van der Waals surface area contributed by atoms with Gasteiger partial charge in [-0.15, -0.1) is 0 Å². The molecule has 1 N–H and O–H groups in total. The number of methoxy groups -OCH3 is 2. The van der Waals surface area contributed by atoms with Crippen molar-refractivity contribution in [2.45, 2.75) is 18.5 Å². The molecule has 25 heavy (non-hydrogen) atoms. The van der Waals surface area contributed by atoms with Crippen molar-refractivity contribution in [3.05, 3.63) is 66.0 Å². The molecule has 6 nitrogen and oxygen atoms in total. The SMILES string of the molecule is COc1cccc([C@@H]2C[C@@H](c3ccccc3OC)n3ncnc3N2)c1. The number of rotatable bonds is 4. The summed E-state index contributed by atoms with van der Waals surface area (Å²) >= 11 is 0. The molecule has 0 saturated heterocycles. The van der Waals surface area contributed by atoms with Crippen LogP contribution in [0.3, 0.4) is 0 Å². The third-order valence-electron chi connectivity index (χ3n) is 4.62. The number of aromatic nitrogens is 3. The molecular formula is C19H20N4O2. The Morgan fingerprint density at radius 1 is 1.08 bits per heavy atom. The molecule has 0 spiro atoms. The van der Waals surface area contributed by atoms with Gasteiger partial charge < -0.3 is 14.8 Å². The number of para-hydroxylation sites is 1. The van der Waals surface area contributed by atoms with Gasteiger partial charge in [-0.3, -0.25) is 0 Å². The first-order valence-electron chi connectivity index (χ1n) is 8.23. The molecule has 128 valence electrons. The first-order chi connectivity index (χ1) is 12.3. The summed E-state index contributed by atoms with van der Waals surface area (Å²) in [5.41, 5.74) is 2.26. The Hall–Kier alpha value is -3.02.